The lowest BCUT2D eigenvalue weighted by atomic mass is 9.72. The number of aromatic nitrogens is 4. The van der Waals surface area contributed by atoms with Gasteiger partial charge in [-0.15, -0.1) is 13.2 Å². The van der Waals surface area contributed by atoms with Crippen LogP contribution < -0.4 is 20.7 Å². The molecule has 11 heteroatoms. The van der Waals surface area contributed by atoms with Gasteiger partial charge in [0.2, 0.25) is 0 Å². The SMILES string of the molecule is NC1CCC2(CC1)CCN(c1cc(Nc3cc(OC(F)(F)F)ccn3)nc(-c3cccnc3)n1)C2. The zero-order valence-corrected chi connectivity index (χ0v) is 19.0. The molecule has 0 atom stereocenters. The molecule has 1 aliphatic carbocycles. The molecule has 184 valence electrons. The van der Waals surface area contributed by atoms with Gasteiger partial charge >= 0.3 is 6.36 Å². The second-order valence-electron chi connectivity index (χ2n) is 9.24. The molecule has 0 amide bonds. The fourth-order valence-corrected chi connectivity index (χ4v) is 4.88. The maximum absolute atomic E-state index is 12.6. The van der Waals surface area contributed by atoms with Crippen LogP contribution in [0.15, 0.2) is 48.9 Å². The zero-order valence-electron chi connectivity index (χ0n) is 19.0. The number of alkyl halides is 3. The summed E-state index contributed by atoms with van der Waals surface area (Å²) < 4.78 is 41.9. The van der Waals surface area contributed by atoms with E-state index in [1.165, 1.54) is 12.3 Å². The molecular weight excluding hydrogens is 459 g/mol. The fourth-order valence-electron chi connectivity index (χ4n) is 4.88. The number of anilines is 3. The third-order valence-corrected chi connectivity index (χ3v) is 6.71. The molecule has 1 saturated heterocycles. The second-order valence-corrected chi connectivity index (χ2v) is 9.24. The van der Waals surface area contributed by atoms with Crippen LogP contribution in [0.1, 0.15) is 32.1 Å². The number of nitrogens with zero attached hydrogens (tertiary/aromatic N) is 5. The Kier molecular flexibility index (Phi) is 6.18. The summed E-state index contributed by atoms with van der Waals surface area (Å²) in [6.07, 6.45) is 5.15. The zero-order chi connectivity index (χ0) is 24.5. The van der Waals surface area contributed by atoms with Crippen molar-refractivity contribution in [1.29, 1.82) is 0 Å². The van der Waals surface area contributed by atoms with Gasteiger partial charge in [0.15, 0.2) is 5.82 Å². The van der Waals surface area contributed by atoms with Gasteiger partial charge in [0, 0.05) is 55.4 Å². The minimum absolute atomic E-state index is 0.174. The van der Waals surface area contributed by atoms with Gasteiger partial charge < -0.3 is 20.7 Å². The fraction of sp³-hybridized carbons (Fsp3) is 0.417. The number of nitrogens with one attached hydrogen (secondary N) is 1. The van der Waals surface area contributed by atoms with Crippen LogP contribution in [0.3, 0.4) is 0 Å². The highest BCUT2D eigenvalue weighted by atomic mass is 19.4. The quantitative estimate of drug-likeness (QED) is 0.538. The van der Waals surface area contributed by atoms with Crippen LogP contribution in [0.25, 0.3) is 11.4 Å². The van der Waals surface area contributed by atoms with E-state index in [4.69, 9.17) is 10.7 Å². The van der Waals surface area contributed by atoms with Gasteiger partial charge in [-0.2, -0.15) is 0 Å². The molecule has 1 saturated carbocycles. The number of nitrogens with two attached hydrogens (primary N) is 1. The molecule has 0 bridgehead atoms. The summed E-state index contributed by atoms with van der Waals surface area (Å²) in [7, 11) is 0. The molecule has 3 aromatic rings. The molecule has 2 fully saturated rings. The molecule has 5 rings (SSSR count). The van der Waals surface area contributed by atoms with E-state index in [1.54, 1.807) is 24.5 Å². The largest absolute Gasteiger partial charge is 0.573 e. The lowest BCUT2D eigenvalue weighted by Gasteiger charge is -2.36. The van der Waals surface area contributed by atoms with Crippen molar-refractivity contribution in [3.8, 4) is 17.1 Å². The molecule has 1 aliphatic heterocycles. The van der Waals surface area contributed by atoms with E-state index < -0.39 is 6.36 Å². The monoisotopic (exact) mass is 485 g/mol. The first-order chi connectivity index (χ1) is 16.8. The van der Waals surface area contributed by atoms with Gasteiger partial charge in [-0.3, -0.25) is 4.98 Å². The molecule has 0 aromatic carbocycles. The third-order valence-electron chi connectivity index (χ3n) is 6.71. The number of hydrogen-bond acceptors (Lipinski definition) is 8. The topological polar surface area (TPSA) is 102 Å². The standard InChI is InChI=1S/C24H26F3N7O/c25-24(26,27)35-18-5-10-30-19(12-18)31-20-13-21(33-22(32-20)16-2-1-9-29-14-16)34-11-8-23(15-34)6-3-17(28)4-7-23/h1-2,5,9-10,12-14,17H,3-4,6-8,11,15,28H2,(H,30,31,32,33). The Bertz CT molecular complexity index is 1170. The number of hydrogen-bond donors (Lipinski definition) is 2. The van der Waals surface area contributed by atoms with E-state index in [0.717, 1.165) is 62.6 Å². The number of ether oxygens (including phenoxy) is 1. The first-order valence-electron chi connectivity index (χ1n) is 11.6. The molecule has 8 nitrogen and oxygen atoms in total. The molecular formula is C24H26F3N7O. The highest BCUT2D eigenvalue weighted by Gasteiger charge is 2.41. The number of pyridine rings is 2. The van der Waals surface area contributed by atoms with Crippen molar-refractivity contribution in [2.45, 2.75) is 44.5 Å². The van der Waals surface area contributed by atoms with Gasteiger partial charge in [-0.05, 0) is 55.7 Å². The third kappa shape index (κ3) is 5.61. The highest BCUT2D eigenvalue weighted by Crippen LogP contribution is 2.44. The Labute approximate surface area is 200 Å². The molecule has 3 N–H and O–H groups in total. The Morgan fingerprint density at radius 1 is 1.06 bits per heavy atom. The Morgan fingerprint density at radius 3 is 2.63 bits per heavy atom. The summed E-state index contributed by atoms with van der Waals surface area (Å²) in [5, 5.41) is 3.01. The maximum atomic E-state index is 12.6. The number of halogens is 3. The van der Waals surface area contributed by atoms with Crippen molar-refractivity contribution in [3.05, 3.63) is 48.9 Å². The van der Waals surface area contributed by atoms with Crippen LogP contribution in [0.2, 0.25) is 0 Å². The first kappa shape index (κ1) is 23.3. The summed E-state index contributed by atoms with van der Waals surface area (Å²) in [5.74, 6) is 1.43. The Morgan fingerprint density at radius 2 is 1.89 bits per heavy atom. The summed E-state index contributed by atoms with van der Waals surface area (Å²) >= 11 is 0. The summed E-state index contributed by atoms with van der Waals surface area (Å²) in [6.45, 7) is 1.75. The minimum atomic E-state index is -4.79. The van der Waals surface area contributed by atoms with Gasteiger partial charge in [0.05, 0.1) is 0 Å². The smallest absolute Gasteiger partial charge is 0.406 e. The van der Waals surface area contributed by atoms with Crippen molar-refractivity contribution in [1.82, 2.24) is 19.9 Å². The van der Waals surface area contributed by atoms with Crippen LogP contribution >= 0.6 is 0 Å². The predicted molar refractivity (Wildman–Crippen MR) is 125 cm³/mol. The van der Waals surface area contributed by atoms with Gasteiger partial charge in [0.25, 0.3) is 0 Å². The summed E-state index contributed by atoms with van der Waals surface area (Å²) in [5.41, 5.74) is 7.10. The highest BCUT2D eigenvalue weighted by molar-refractivity contribution is 5.64. The van der Waals surface area contributed by atoms with Crippen LogP contribution in [0.5, 0.6) is 5.75 Å². The molecule has 2 aliphatic rings. The lowest BCUT2D eigenvalue weighted by molar-refractivity contribution is -0.274. The van der Waals surface area contributed by atoms with Gasteiger partial charge in [-0.1, -0.05) is 0 Å². The summed E-state index contributed by atoms with van der Waals surface area (Å²) in [4.78, 5) is 19.9. The van der Waals surface area contributed by atoms with E-state index in [-0.39, 0.29) is 23.0 Å². The lowest BCUT2D eigenvalue weighted by Crippen LogP contribution is -2.36. The average molecular weight is 486 g/mol. The Hall–Kier alpha value is -3.47. The van der Waals surface area contributed by atoms with Crippen molar-refractivity contribution >= 4 is 17.5 Å². The van der Waals surface area contributed by atoms with Gasteiger partial charge in [0.1, 0.15) is 23.2 Å². The van der Waals surface area contributed by atoms with Crippen molar-refractivity contribution in [3.63, 3.8) is 0 Å². The summed E-state index contributed by atoms with van der Waals surface area (Å²) in [6, 6.07) is 8.06. The predicted octanol–water partition coefficient (Wildman–Crippen LogP) is 4.67. The van der Waals surface area contributed by atoms with Crippen LogP contribution in [-0.4, -0.2) is 45.4 Å². The molecule has 1 spiro atoms. The van der Waals surface area contributed by atoms with Crippen molar-refractivity contribution in [2.75, 3.05) is 23.3 Å². The van der Waals surface area contributed by atoms with E-state index in [1.807, 2.05) is 6.07 Å². The first-order valence-corrected chi connectivity index (χ1v) is 11.6. The van der Waals surface area contributed by atoms with E-state index in [9.17, 15) is 13.2 Å². The molecule has 3 aromatic heterocycles. The van der Waals surface area contributed by atoms with Crippen molar-refractivity contribution < 1.29 is 17.9 Å². The van der Waals surface area contributed by atoms with Crippen LogP contribution in [-0.2, 0) is 0 Å². The second kappa shape index (κ2) is 9.29. The molecule has 0 radical (unpaired) electrons. The maximum Gasteiger partial charge on any atom is 0.573 e. The minimum Gasteiger partial charge on any atom is -0.406 e. The van der Waals surface area contributed by atoms with Gasteiger partial charge in [-0.25, -0.2) is 15.0 Å². The Balaban J connectivity index is 1.44. The average Bonchev–Trinajstić information content (AvgIpc) is 3.25. The molecule has 35 heavy (non-hydrogen) atoms. The van der Waals surface area contributed by atoms with E-state index in [2.05, 4.69) is 29.9 Å². The molecule has 0 unspecified atom stereocenters. The number of rotatable bonds is 5. The molecule has 4 heterocycles. The van der Waals surface area contributed by atoms with Crippen LogP contribution in [0.4, 0.5) is 30.6 Å². The van der Waals surface area contributed by atoms with Crippen molar-refractivity contribution in [2.24, 2.45) is 11.1 Å². The normalized spacial score (nSPS) is 22.4. The van der Waals surface area contributed by atoms with E-state index in [0.29, 0.717) is 11.6 Å². The van der Waals surface area contributed by atoms with Crippen LogP contribution in [0, 0.1) is 5.41 Å². The van der Waals surface area contributed by atoms with E-state index >= 15 is 0 Å².